The molecule has 0 saturated carbocycles. The number of hydrazone groups is 1. The van der Waals surface area contributed by atoms with Crippen LogP contribution >= 0.6 is 11.6 Å². The Hall–Kier alpha value is -1.10. The van der Waals surface area contributed by atoms with E-state index in [2.05, 4.69) is 6.07 Å². The molecule has 21 heavy (non-hydrogen) atoms. The molecule has 0 radical (unpaired) electrons. The monoisotopic (exact) mass is 310 g/mol. The largest absolute Gasteiger partial charge is 0.356 e. The minimum absolute atomic E-state index is 0.198. The van der Waals surface area contributed by atoms with E-state index < -0.39 is 0 Å². The van der Waals surface area contributed by atoms with E-state index in [1.54, 1.807) is 14.2 Å². The van der Waals surface area contributed by atoms with Gasteiger partial charge in [-0.15, -0.1) is 0 Å². The molecule has 2 rings (SSSR count). The number of nitrogens with zero attached hydrogens (tertiary/aromatic N) is 2. The van der Waals surface area contributed by atoms with Crippen molar-refractivity contribution in [3.63, 3.8) is 0 Å². The molecule has 1 aliphatic carbocycles. The van der Waals surface area contributed by atoms with Crippen LogP contribution in [0.3, 0.4) is 0 Å². The van der Waals surface area contributed by atoms with Crippen molar-refractivity contribution in [3.8, 4) is 0 Å². The molecule has 1 aromatic carbocycles. The maximum atomic E-state index is 6.11. The van der Waals surface area contributed by atoms with Crippen LogP contribution in [0.2, 0.25) is 5.02 Å². The van der Waals surface area contributed by atoms with Crippen molar-refractivity contribution in [2.75, 3.05) is 28.3 Å². The van der Waals surface area contributed by atoms with Gasteiger partial charge in [-0.1, -0.05) is 17.7 Å². The second-order valence-electron chi connectivity index (χ2n) is 5.51. The van der Waals surface area contributed by atoms with E-state index in [0.717, 1.165) is 30.0 Å². The summed E-state index contributed by atoms with van der Waals surface area (Å²) in [6.07, 6.45) is 2.65. The van der Waals surface area contributed by atoms with Crippen LogP contribution < -0.4 is 0 Å². The second-order valence-corrected chi connectivity index (χ2v) is 5.94. The fourth-order valence-electron chi connectivity index (χ4n) is 2.81. The number of hydrogen-bond acceptors (Lipinski definition) is 4. The number of methoxy groups -OCH3 is 2. The van der Waals surface area contributed by atoms with E-state index in [1.165, 1.54) is 11.1 Å². The minimum atomic E-state index is -0.198. The Morgan fingerprint density at radius 1 is 1.33 bits per heavy atom. The predicted octanol–water partition coefficient (Wildman–Crippen LogP) is 3.18. The number of benzene rings is 1. The number of fused-ring (bicyclic) bond motifs is 1. The molecule has 1 aromatic rings. The smallest absolute Gasteiger partial charge is 0.157 e. The van der Waals surface area contributed by atoms with Crippen LogP contribution in [0, 0.1) is 5.92 Å². The standard InChI is InChI=1S/C16H23ClN2O2/c1-19(2)18-16-12(10-15(20-3)21-4)6-5-11-9-13(17)7-8-14(11)16/h7-9,12,15H,5-6,10H2,1-4H3. The highest BCUT2D eigenvalue weighted by Gasteiger charge is 2.28. The molecule has 1 unspecified atom stereocenters. The molecule has 0 heterocycles. The number of halogens is 1. The first kappa shape index (κ1) is 16.3. The van der Waals surface area contributed by atoms with Crippen LogP contribution in [0.4, 0.5) is 0 Å². The first-order chi connectivity index (χ1) is 10.0. The minimum Gasteiger partial charge on any atom is -0.356 e. The molecule has 1 atom stereocenters. The van der Waals surface area contributed by atoms with Gasteiger partial charge in [0.15, 0.2) is 6.29 Å². The SMILES string of the molecule is COC(CC1CCc2cc(Cl)ccc2C1=NN(C)C)OC. The summed E-state index contributed by atoms with van der Waals surface area (Å²) in [6.45, 7) is 0. The average Bonchev–Trinajstić information content (AvgIpc) is 2.45. The zero-order valence-electron chi connectivity index (χ0n) is 13.1. The molecule has 0 spiro atoms. The Morgan fingerprint density at radius 2 is 2.05 bits per heavy atom. The van der Waals surface area contributed by atoms with Crippen molar-refractivity contribution in [1.29, 1.82) is 0 Å². The second kappa shape index (κ2) is 7.25. The van der Waals surface area contributed by atoms with Crippen LogP contribution in [-0.4, -0.2) is 45.3 Å². The van der Waals surface area contributed by atoms with Gasteiger partial charge in [-0.05, 0) is 30.5 Å². The third-order valence-electron chi connectivity index (χ3n) is 3.80. The lowest BCUT2D eigenvalue weighted by Gasteiger charge is -2.29. The van der Waals surface area contributed by atoms with Gasteiger partial charge in [0.25, 0.3) is 0 Å². The molecule has 0 fully saturated rings. The summed E-state index contributed by atoms with van der Waals surface area (Å²) in [7, 11) is 7.23. The highest BCUT2D eigenvalue weighted by Crippen LogP contribution is 2.31. The topological polar surface area (TPSA) is 34.1 Å². The zero-order valence-corrected chi connectivity index (χ0v) is 13.9. The van der Waals surface area contributed by atoms with E-state index in [-0.39, 0.29) is 6.29 Å². The van der Waals surface area contributed by atoms with E-state index in [0.29, 0.717) is 5.92 Å². The van der Waals surface area contributed by atoms with Crippen LogP contribution in [-0.2, 0) is 15.9 Å². The molecule has 0 N–H and O–H groups in total. The maximum absolute atomic E-state index is 6.11. The average molecular weight is 311 g/mol. The van der Waals surface area contributed by atoms with E-state index in [4.69, 9.17) is 26.2 Å². The van der Waals surface area contributed by atoms with E-state index in [1.807, 2.05) is 31.2 Å². The van der Waals surface area contributed by atoms with E-state index in [9.17, 15) is 0 Å². The van der Waals surface area contributed by atoms with Gasteiger partial charge in [0.1, 0.15) is 0 Å². The predicted molar refractivity (Wildman–Crippen MR) is 85.9 cm³/mol. The van der Waals surface area contributed by atoms with Crippen molar-refractivity contribution < 1.29 is 9.47 Å². The molecule has 0 bridgehead atoms. The van der Waals surface area contributed by atoms with Crippen molar-refractivity contribution in [1.82, 2.24) is 5.01 Å². The van der Waals surface area contributed by atoms with E-state index >= 15 is 0 Å². The lowest BCUT2D eigenvalue weighted by atomic mass is 9.80. The van der Waals surface area contributed by atoms with Gasteiger partial charge in [0.05, 0.1) is 5.71 Å². The summed E-state index contributed by atoms with van der Waals surface area (Å²) >= 11 is 6.11. The van der Waals surface area contributed by atoms with Gasteiger partial charge in [0, 0.05) is 51.2 Å². The zero-order chi connectivity index (χ0) is 15.4. The Bertz CT molecular complexity index is 513. The van der Waals surface area contributed by atoms with Gasteiger partial charge in [0.2, 0.25) is 0 Å². The first-order valence-electron chi connectivity index (χ1n) is 7.15. The van der Waals surface area contributed by atoms with Crippen LogP contribution in [0.15, 0.2) is 23.3 Å². The maximum Gasteiger partial charge on any atom is 0.157 e. The third kappa shape index (κ3) is 3.96. The van der Waals surface area contributed by atoms with Gasteiger partial charge in [-0.2, -0.15) is 5.10 Å². The lowest BCUT2D eigenvalue weighted by molar-refractivity contribution is -0.110. The first-order valence-corrected chi connectivity index (χ1v) is 7.53. The number of hydrogen-bond donors (Lipinski definition) is 0. The Morgan fingerprint density at radius 3 is 2.67 bits per heavy atom. The van der Waals surface area contributed by atoms with Gasteiger partial charge >= 0.3 is 0 Å². The van der Waals surface area contributed by atoms with Gasteiger partial charge < -0.3 is 14.5 Å². The Balaban J connectivity index is 2.33. The molecule has 5 heteroatoms. The summed E-state index contributed by atoms with van der Waals surface area (Å²) in [5.74, 6) is 0.325. The molecule has 0 saturated heterocycles. The third-order valence-corrected chi connectivity index (χ3v) is 4.04. The highest BCUT2D eigenvalue weighted by molar-refractivity contribution is 6.30. The van der Waals surface area contributed by atoms with Crippen molar-refractivity contribution >= 4 is 17.3 Å². The fraction of sp³-hybridized carbons (Fsp3) is 0.562. The summed E-state index contributed by atoms with van der Waals surface area (Å²) in [4.78, 5) is 0. The molecule has 4 nitrogen and oxygen atoms in total. The van der Waals surface area contributed by atoms with Crippen molar-refractivity contribution in [2.45, 2.75) is 25.6 Å². The molecule has 0 aromatic heterocycles. The van der Waals surface area contributed by atoms with Crippen LogP contribution in [0.1, 0.15) is 24.0 Å². The molecule has 1 aliphatic rings. The van der Waals surface area contributed by atoms with Crippen molar-refractivity contribution in [3.05, 3.63) is 34.3 Å². The Labute approximate surface area is 131 Å². The van der Waals surface area contributed by atoms with Crippen LogP contribution in [0.25, 0.3) is 0 Å². The summed E-state index contributed by atoms with van der Waals surface area (Å²) in [6, 6.07) is 6.04. The number of rotatable bonds is 5. The number of aryl methyl sites for hydroxylation is 1. The normalized spacial score (nSPS) is 19.9. The van der Waals surface area contributed by atoms with Gasteiger partial charge in [-0.3, -0.25) is 0 Å². The molecule has 116 valence electrons. The molecular weight excluding hydrogens is 288 g/mol. The fourth-order valence-corrected chi connectivity index (χ4v) is 3.00. The quantitative estimate of drug-likeness (QED) is 0.619. The van der Waals surface area contributed by atoms with Gasteiger partial charge in [-0.25, -0.2) is 0 Å². The lowest BCUT2D eigenvalue weighted by Crippen LogP contribution is -2.30. The summed E-state index contributed by atoms with van der Waals surface area (Å²) in [5, 5.41) is 7.33. The summed E-state index contributed by atoms with van der Waals surface area (Å²) < 4.78 is 10.7. The number of ether oxygens (including phenoxy) is 2. The Kier molecular flexibility index (Phi) is 5.62. The molecule has 0 amide bonds. The molecule has 0 aliphatic heterocycles. The highest BCUT2D eigenvalue weighted by atomic mass is 35.5. The van der Waals surface area contributed by atoms with Crippen LogP contribution in [0.5, 0.6) is 0 Å². The van der Waals surface area contributed by atoms with Crippen molar-refractivity contribution in [2.24, 2.45) is 11.0 Å². The summed E-state index contributed by atoms with van der Waals surface area (Å²) in [5.41, 5.74) is 3.55. The molecular formula is C16H23ClN2O2.